The first-order valence-corrected chi connectivity index (χ1v) is 11.0. The van der Waals surface area contributed by atoms with Gasteiger partial charge in [0.15, 0.2) is 0 Å². The van der Waals surface area contributed by atoms with Gasteiger partial charge in [0.05, 0.1) is 4.21 Å². The maximum Gasteiger partial charge on any atom is 0.262 e. The van der Waals surface area contributed by atoms with Gasteiger partial charge in [-0.05, 0) is 23.2 Å². The van der Waals surface area contributed by atoms with Crippen LogP contribution >= 0.6 is 44.0 Å². The zero-order valence-electron chi connectivity index (χ0n) is 12.5. The monoisotopic (exact) mass is 352 g/mol. The molecular weight excluding hydrogens is 328 g/mol. The standard InChI is InChI=1S/C15H25ClOS3/c1-3-5-7-8-9-11-12(10-6-4-2)18-15-13(16)14(17)19-20-15/h12H,3-11H2,1-2H3. The minimum absolute atomic E-state index is 0.0244. The quantitative estimate of drug-likeness (QED) is 0.246. The van der Waals surface area contributed by atoms with Gasteiger partial charge in [0, 0.05) is 5.25 Å². The lowest BCUT2D eigenvalue weighted by Gasteiger charge is -2.15. The Kier molecular flexibility index (Phi) is 10.3. The molecule has 0 saturated carbocycles. The lowest BCUT2D eigenvalue weighted by Crippen LogP contribution is -2.03. The molecule has 1 aromatic rings. The molecule has 1 rings (SSSR count). The Morgan fingerprint density at radius 3 is 2.25 bits per heavy atom. The molecule has 0 fully saturated rings. The van der Waals surface area contributed by atoms with Crippen LogP contribution in [0, 0.1) is 0 Å². The summed E-state index contributed by atoms with van der Waals surface area (Å²) in [5.41, 5.74) is 0. The van der Waals surface area contributed by atoms with Gasteiger partial charge < -0.3 is 0 Å². The Bertz CT molecular complexity index is 413. The average molecular weight is 353 g/mol. The molecule has 0 aliphatic carbocycles. The van der Waals surface area contributed by atoms with Gasteiger partial charge in [-0.15, -0.1) is 11.8 Å². The molecule has 0 spiro atoms. The number of thioether (sulfide) groups is 1. The lowest BCUT2D eigenvalue weighted by molar-refractivity contribution is 0.571. The highest BCUT2D eigenvalue weighted by molar-refractivity contribution is 8.03. The number of unbranched alkanes of at least 4 members (excludes halogenated alkanes) is 5. The highest BCUT2D eigenvalue weighted by Gasteiger charge is 2.15. The van der Waals surface area contributed by atoms with Crippen LogP contribution in [-0.2, 0) is 0 Å². The van der Waals surface area contributed by atoms with Crippen molar-refractivity contribution in [3.05, 3.63) is 14.6 Å². The first kappa shape index (κ1) is 18.5. The Labute approximate surface area is 139 Å². The molecule has 0 N–H and O–H groups in total. The fraction of sp³-hybridized carbons (Fsp3) is 0.800. The van der Waals surface area contributed by atoms with E-state index in [0.29, 0.717) is 10.3 Å². The summed E-state index contributed by atoms with van der Waals surface area (Å²) in [5, 5.41) is 1.08. The number of halogens is 1. The molecule has 0 saturated heterocycles. The van der Waals surface area contributed by atoms with Gasteiger partial charge in [0.25, 0.3) is 4.74 Å². The van der Waals surface area contributed by atoms with Gasteiger partial charge in [0.2, 0.25) is 0 Å². The van der Waals surface area contributed by atoms with Crippen LogP contribution in [0.4, 0.5) is 0 Å². The third-order valence-electron chi connectivity index (χ3n) is 3.33. The first-order valence-electron chi connectivity index (χ1n) is 7.64. The largest absolute Gasteiger partial charge is 0.275 e. The molecule has 1 heterocycles. The van der Waals surface area contributed by atoms with Gasteiger partial charge in [-0.2, -0.15) is 0 Å². The van der Waals surface area contributed by atoms with E-state index in [0.717, 1.165) is 4.21 Å². The van der Waals surface area contributed by atoms with Gasteiger partial charge in [-0.1, -0.05) is 80.7 Å². The summed E-state index contributed by atoms with van der Waals surface area (Å²) >= 11 is 7.91. The van der Waals surface area contributed by atoms with Crippen molar-refractivity contribution in [2.45, 2.75) is 81.1 Å². The Morgan fingerprint density at radius 2 is 1.65 bits per heavy atom. The third-order valence-corrected chi connectivity index (χ3v) is 8.11. The van der Waals surface area contributed by atoms with Gasteiger partial charge in [-0.25, -0.2) is 0 Å². The summed E-state index contributed by atoms with van der Waals surface area (Å²) < 4.78 is 1.06. The molecule has 116 valence electrons. The number of rotatable bonds is 11. The highest BCUT2D eigenvalue weighted by Crippen LogP contribution is 2.38. The van der Waals surface area contributed by atoms with Crippen LogP contribution in [-0.4, -0.2) is 5.25 Å². The second-order valence-corrected chi connectivity index (χ2v) is 9.20. The smallest absolute Gasteiger partial charge is 0.262 e. The van der Waals surface area contributed by atoms with Crippen molar-refractivity contribution >= 4 is 44.0 Å². The van der Waals surface area contributed by atoms with Crippen molar-refractivity contribution in [1.29, 1.82) is 0 Å². The van der Waals surface area contributed by atoms with Crippen molar-refractivity contribution in [3.63, 3.8) is 0 Å². The van der Waals surface area contributed by atoms with Crippen molar-refractivity contribution in [2.24, 2.45) is 0 Å². The summed E-state index contributed by atoms with van der Waals surface area (Å²) in [6, 6.07) is 0. The minimum Gasteiger partial charge on any atom is -0.275 e. The predicted molar refractivity (Wildman–Crippen MR) is 96.0 cm³/mol. The molecule has 1 nitrogen and oxygen atoms in total. The molecule has 1 unspecified atom stereocenters. The lowest BCUT2D eigenvalue weighted by atomic mass is 10.1. The second-order valence-electron chi connectivity index (χ2n) is 5.14. The van der Waals surface area contributed by atoms with Gasteiger partial charge in [-0.3, -0.25) is 4.79 Å². The van der Waals surface area contributed by atoms with Crippen molar-refractivity contribution in [3.8, 4) is 0 Å². The minimum atomic E-state index is 0.0244. The molecule has 0 radical (unpaired) electrons. The van der Waals surface area contributed by atoms with E-state index < -0.39 is 0 Å². The second kappa shape index (κ2) is 11.1. The molecule has 20 heavy (non-hydrogen) atoms. The maximum atomic E-state index is 11.5. The normalized spacial score (nSPS) is 12.8. The first-order chi connectivity index (χ1) is 9.69. The summed E-state index contributed by atoms with van der Waals surface area (Å²) in [5.74, 6) is 0. The third kappa shape index (κ3) is 6.97. The molecule has 0 bridgehead atoms. The average Bonchev–Trinajstić information content (AvgIpc) is 2.76. The fourth-order valence-electron chi connectivity index (χ4n) is 2.12. The zero-order valence-corrected chi connectivity index (χ0v) is 15.7. The number of hydrogen-bond donors (Lipinski definition) is 0. The van der Waals surface area contributed by atoms with Crippen LogP contribution in [0.3, 0.4) is 0 Å². The van der Waals surface area contributed by atoms with Crippen LogP contribution in [0.15, 0.2) is 9.00 Å². The SMILES string of the molecule is CCCCCCCC(CCCC)Sc1ssc(=O)c1Cl. The molecule has 0 aromatic carbocycles. The molecule has 1 atom stereocenters. The van der Waals surface area contributed by atoms with Gasteiger partial charge in [0.1, 0.15) is 5.02 Å². The van der Waals surface area contributed by atoms with E-state index in [1.54, 1.807) is 10.3 Å². The van der Waals surface area contributed by atoms with Crippen LogP contribution in [0.1, 0.15) is 71.6 Å². The van der Waals surface area contributed by atoms with E-state index in [2.05, 4.69) is 13.8 Å². The van der Waals surface area contributed by atoms with E-state index in [9.17, 15) is 4.79 Å². The van der Waals surface area contributed by atoms with Crippen LogP contribution < -0.4 is 4.74 Å². The Balaban J connectivity index is 2.42. The van der Waals surface area contributed by atoms with E-state index in [1.165, 1.54) is 68.1 Å². The summed E-state index contributed by atoms with van der Waals surface area (Å²) in [6.45, 7) is 4.49. The predicted octanol–water partition coefficient (Wildman–Crippen LogP) is 6.83. The van der Waals surface area contributed by atoms with Crippen LogP contribution in [0.2, 0.25) is 5.02 Å². The Hall–Kier alpha value is 0.490. The molecule has 5 heteroatoms. The molecular formula is C15H25ClOS3. The van der Waals surface area contributed by atoms with E-state index >= 15 is 0 Å². The number of hydrogen-bond acceptors (Lipinski definition) is 4. The van der Waals surface area contributed by atoms with Crippen molar-refractivity contribution in [1.82, 2.24) is 0 Å². The topological polar surface area (TPSA) is 17.1 Å². The molecule has 1 aromatic heterocycles. The van der Waals surface area contributed by atoms with Crippen LogP contribution in [0.5, 0.6) is 0 Å². The summed E-state index contributed by atoms with van der Waals surface area (Å²) in [6.07, 6.45) is 11.6. The van der Waals surface area contributed by atoms with Gasteiger partial charge >= 0.3 is 0 Å². The summed E-state index contributed by atoms with van der Waals surface area (Å²) in [4.78, 5) is 11.5. The molecule has 0 amide bonds. The summed E-state index contributed by atoms with van der Waals surface area (Å²) in [7, 11) is 2.81. The fourth-order valence-corrected chi connectivity index (χ4v) is 6.63. The molecule has 0 aliphatic heterocycles. The van der Waals surface area contributed by atoms with E-state index in [1.807, 2.05) is 11.8 Å². The van der Waals surface area contributed by atoms with E-state index in [4.69, 9.17) is 11.6 Å². The maximum absolute atomic E-state index is 11.5. The van der Waals surface area contributed by atoms with Crippen molar-refractivity contribution in [2.75, 3.05) is 0 Å². The van der Waals surface area contributed by atoms with E-state index in [-0.39, 0.29) is 4.74 Å². The zero-order chi connectivity index (χ0) is 14.8. The van der Waals surface area contributed by atoms with Crippen molar-refractivity contribution < 1.29 is 0 Å². The Morgan fingerprint density at radius 1 is 1.00 bits per heavy atom. The molecule has 0 aliphatic rings. The highest BCUT2D eigenvalue weighted by atomic mass is 35.5. The van der Waals surface area contributed by atoms with Crippen LogP contribution in [0.25, 0.3) is 0 Å².